The molecular formula is C13H13ClN2O4S. The van der Waals surface area contributed by atoms with Crippen LogP contribution in [0, 0.1) is 10.1 Å². The molecule has 21 heavy (non-hydrogen) atoms. The maximum absolute atomic E-state index is 12.6. The Hall–Kier alpha value is -1.73. The van der Waals surface area contributed by atoms with Gasteiger partial charge in [-0.1, -0.05) is 0 Å². The molecule has 2 aromatic rings. The maximum Gasteiger partial charge on any atom is 0.295 e. The van der Waals surface area contributed by atoms with Gasteiger partial charge >= 0.3 is 0 Å². The second-order valence-electron chi connectivity index (χ2n) is 4.57. The van der Waals surface area contributed by atoms with E-state index >= 15 is 0 Å². The summed E-state index contributed by atoms with van der Waals surface area (Å²) in [7, 11) is -3.62. The molecule has 2 rings (SSSR count). The van der Waals surface area contributed by atoms with Crippen molar-refractivity contribution in [3.63, 3.8) is 0 Å². The Bertz CT molecular complexity index is 792. The molecule has 0 aliphatic rings. The van der Waals surface area contributed by atoms with Crippen LogP contribution in [0.2, 0.25) is 0 Å². The van der Waals surface area contributed by atoms with Crippen LogP contribution in [-0.4, -0.2) is 29.5 Å². The molecule has 1 unspecified atom stereocenters. The van der Waals surface area contributed by atoms with E-state index in [1.165, 1.54) is 24.4 Å². The highest BCUT2D eigenvalue weighted by molar-refractivity contribution is 7.92. The number of aromatic nitrogens is 1. The number of hydrogen-bond donors (Lipinski definition) is 0. The second kappa shape index (κ2) is 5.95. The van der Waals surface area contributed by atoms with Crippen LogP contribution in [0.3, 0.4) is 0 Å². The van der Waals surface area contributed by atoms with Crippen LogP contribution in [0.25, 0.3) is 10.9 Å². The molecule has 0 N–H and O–H groups in total. The maximum atomic E-state index is 12.6. The van der Waals surface area contributed by atoms with Crippen molar-refractivity contribution in [1.29, 1.82) is 0 Å². The van der Waals surface area contributed by atoms with Gasteiger partial charge in [0.2, 0.25) is 0 Å². The molecule has 0 amide bonds. The summed E-state index contributed by atoms with van der Waals surface area (Å²) in [5.41, 5.74) is -0.142. The average Bonchev–Trinajstić information content (AvgIpc) is 2.46. The highest BCUT2D eigenvalue weighted by Gasteiger charge is 2.27. The van der Waals surface area contributed by atoms with Gasteiger partial charge in [-0.25, -0.2) is 13.4 Å². The first-order chi connectivity index (χ1) is 9.89. The number of pyridine rings is 1. The van der Waals surface area contributed by atoms with Crippen LogP contribution in [0.1, 0.15) is 13.3 Å². The lowest BCUT2D eigenvalue weighted by atomic mass is 10.2. The number of hydrogen-bond acceptors (Lipinski definition) is 5. The van der Waals surface area contributed by atoms with E-state index in [2.05, 4.69) is 4.98 Å². The van der Waals surface area contributed by atoms with Gasteiger partial charge in [0, 0.05) is 23.5 Å². The number of nitro groups is 1. The summed E-state index contributed by atoms with van der Waals surface area (Å²) in [6.07, 6.45) is 1.70. The normalized spacial score (nSPS) is 13.2. The standard InChI is InChI=1S/C13H13ClN2O4S/c1-9(6-7-14)21(19,20)12-5-4-11(16(17)18)13-10(12)3-2-8-15-13/h2-5,8-9H,6-7H2,1H3. The summed E-state index contributed by atoms with van der Waals surface area (Å²) in [4.78, 5) is 14.4. The smallest absolute Gasteiger partial charge is 0.258 e. The molecule has 0 aliphatic heterocycles. The number of fused-ring (bicyclic) bond motifs is 1. The van der Waals surface area contributed by atoms with E-state index in [4.69, 9.17) is 11.6 Å². The number of non-ortho nitro benzene ring substituents is 1. The second-order valence-corrected chi connectivity index (χ2v) is 7.29. The first kappa shape index (κ1) is 15.7. The fourth-order valence-corrected chi connectivity index (χ4v) is 4.10. The topological polar surface area (TPSA) is 90.2 Å². The highest BCUT2D eigenvalue weighted by atomic mass is 35.5. The Kier molecular flexibility index (Phi) is 4.43. The zero-order valence-electron chi connectivity index (χ0n) is 11.2. The molecule has 0 radical (unpaired) electrons. The van der Waals surface area contributed by atoms with Crippen LogP contribution in [0.5, 0.6) is 0 Å². The SMILES string of the molecule is CC(CCCl)S(=O)(=O)c1ccc([N+](=O)[O-])c2ncccc12. The van der Waals surface area contributed by atoms with E-state index < -0.39 is 20.0 Å². The van der Waals surface area contributed by atoms with Crippen LogP contribution >= 0.6 is 11.6 Å². The van der Waals surface area contributed by atoms with E-state index in [1.807, 2.05) is 0 Å². The molecule has 0 bridgehead atoms. The molecular weight excluding hydrogens is 316 g/mol. The monoisotopic (exact) mass is 328 g/mol. The molecule has 6 nitrogen and oxygen atoms in total. The van der Waals surface area contributed by atoms with Crippen LogP contribution in [0.4, 0.5) is 5.69 Å². The zero-order valence-corrected chi connectivity index (χ0v) is 12.8. The van der Waals surface area contributed by atoms with Crippen molar-refractivity contribution in [2.75, 3.05) is 5.88 Å². The first-order valence-electron chi connectivity index (χ1n) is 6.21. The fourth-order valence-electron chi connectivity index (χ4n) is 2.05. The average molecular weight is 329 g/mol. The van der Waals surface area contributed by atoms with Gasteiger partial charge in [-0.15, -0.1) is 11.6 Å². The van der Waals surface area contributed by atoms with Gasteiger partial charge in [0.25, 0.3) is 5.69 Å². The minimum atomic E-state index is -3.62. The molecule has 0 fully saturated rings. The molecule has 112 valence electrons. The van der Waals surface area contributed by atoms with Gasteiger partial charge in [0.05, 0.1) is 15.1 Å². The predicted molar refractivity (Wildman–Crippen MR) is 80.4 cm³/mol. The van der Waals surface area contributed by atoms with Gasteiger partial charge in [-0.3, -0.25) is 10.1 Å². The van der Waals surface area contributed by atoms with Gasteiger partial charge in [-0.05, 0) is 31.5 Å². The van der Waals surface area contributed by atoms with Crippen molar-refractivity contribution in [2.24, 2.45) is 0 Å². The Labute approximate surface area is 126 Å². The van der Waals surface area contributed by atoms with E-state index in [-0.39, 0.29) is 27.4 Å². The molecule has 0 saturated heterocycles. The van der Waals surface area contributed by atoms with E-state index in [1.54, 1.807) is 13.0 Å². The van der Waals surface area contributed by atoms with Gasteiger partial charge in [-0.2, -0.15) is 0 Å². The third-order valence-corrected chi connectivity index (χ3v) is 5.74. The molecule has 0 saturated carbocycles. The lowest BCUT2D eigenvalue weighted by Crippen LogP contribution is -2.19. The zero-order chi connectivity index (χ0) is 15.6. The van der Waals surface area contributed by atoms with Crippen LogP contribution in [-0.2, 0) is 9.84 Å². The molecule has 1 atom stereocenters. The lowest BCUT2D eigenvalue weighted by Gasteiger charge is -2.13. The van der Waals surface area contributed by atoms with Crippen molar-refractivity contribution < 1.29 is 13.3 Å². The van der Waals surface area contributed by atoms with E-state index in [0.717, 1.165) is 0 Å². The minimum absolute atomic E-state index is 0.0498. The van der Waals surface area contributed by atoms with Crippen LogP contribution in [0.15, 0.2) is 35.4 Å². The summed E-state index contributed by atoms with van der Waals surface area (Å²) in [6, 6.07) is 5.52. The van der Waals surface area contributed by atoms with Gasteiger partial charge < -0.3 is 0 Å². The lowest BCUT2D eigenvalue weighted by molar-refractivity contribution is -0.383. The van der Waals surface area contributed by atoms with Crippen molar-refractivity contribution in [1.82, 2.24) is 4.98 Å². The number of nitro benzene ring substituents is 1. The van der Waals surface area contributed by atoms with Crippen molar-refractivity contribution in [3.8, 4) is 0 Å². The number of sulfone groups is 1. The third-order valence-electron chi connectivity index (χ3n) is 3.26. The molecule has 0 aliphatic carbocycles. The number of alkyl halides is 1. The minimum Gasteiger partial charge on any atom is -0.258 e. The summed E-state index contributed by atoms with van der Waals surface area (Å²) in [6.45, 7) is 1.57. The molecule has 0 spiro atoms. The summed E-state index contributed by atoms with van der Waals surface area (Å²) >= 11 is 5.61. The number of nitrogens with zero attached hydrogens (tertiary/aromatic N) is 2. The van der Waals surface area contributed by atoms with E-state index in [0.29, 0.717) is 6.42 Å². The number of rotatable bonds is 5. The molecule has 1 heterocycles. The Balaban J connectivity index is 2.72. The summed E-state index contributed by atoms with van der Waals surface area (Å²) in [5.74, 6) is 0.226. The Morgan fingerprint density at radius 2 is 2.10 bits per heavy atom. The molecule has 8 heteroatoms. The summed E-state index contributed by atoms with van der Waals surface area (Å²) < 4.78 is 25.1. The van der Waals surface area contributed by atoms with Crippen LogP contribution < -0.4 is 0 Å². The third kappa shape index (κ3) is 2.84. The number of halogens is 1. The van der Waals surface area contributed by atoms with Crippen molar-refractivity contribution in [3.05, 3.63) is 40.6 Å². The van der Waals surface area contributed by atoms with E-state index in [9.17, 15) is 18.5 Å². The van der Waals surface area contributed by atoms with Crippen molar-refractivity contribution >= 4 is 38.0 Å². The molecule has 1 aromatic heterocycles. The Morgan fingerprint density at radius 3 is 2.71 bits per heavy atom. The number of benzene rings is 1. The predicted octanol–water partition coefficient (Wildman–Crippen LogP) is 2.93. The summed E-state index contributed by atoms with van der Waals surface area (Å²) in [5, 5.41) is 10.6. The largest absolute Gasteiger partial charge is 0.295 e. The first-order valence-corrected chi connectivity index (χ1v) is 8.29. The van der Waals surface area contributed by atoms with Gasteiger partial charge in [0.15, 0.2) is 9.84 Å². The van der Waals surface area contributed by atoms with Gasteiger partial charge in [0.1, 0.15) is 5.52 Å². The molecule has 1 aromatic carbocycles. The Morgan fingerprint density at radius 1 is 1.38 bits per heavy atom. The fraction of sp³-hybridized carbons (Fsp3) is 0.308. The quantitative estimate of drug-likeness (QED) is 0.478. The highest BCUT2D eigenvalue weighted by Crippen LogP contribution is 2.31. The van der Waals surface area contributed by atoms with Crippen molar-refractivity contribution in [2.45, 2.75) is 23.5 Å².